The van der Waals surface area contributed by atoms with Gasteiger partial charge in [0.1, 0.15) is 5.75 Å². The molecule has 0 fully saturated rings. The molecule has 0 aliphatic carbocycles. The Morgan fingerprint density at radius 2 is 1.65 bits per heavy atom. The SMILES string of the molecule is C/C=C(\CC(C)C)c1ccccc1OC.C/C=C\C=N.CC.CC#CC. The van der Waals surface area contributed by atoms with E-state index in [1.807, 2.05) is 52.8 Å². The fourth-order valence-corrected chi connectivity index (χ4v) is 1.83. The van der Waals surface area contributed by atoms with Crippen molar-refractivity contribution >= 4 is 11.8 Å². The highest BCUT2D eigenvalue weighted by Gasteiger charge is 2.08. The van der Waals surface area contributed by atoms with E-state index in [0.29, 0.717) is 5.92 Å². The van der Waals surface area contributed by atoms with Crippen LogP contribution < -0.4 is 4.74 Å². The van der Waals surface area contributed by atoms with Gasteiger partial charge in [0.2, 0.25) is 0 Å². The first-order valence-corrected chi connectivity index (χ1v) is 9.25. The van der Waals surface area contributed by atoms with Gasteiger partial charge in [-0.2, -0.15) is 0 Å². The van der Waals surface area contributed by atoms with E-state index in [2.05, 4.69) is 50.8 Å². The highest BCUT2D eigenvalue weighted by atomic mass is 16.5. The molecule has 0 aliphatic rings. The largest absolute Gasteiger partial charge is 0.496 e. The van der Waals surface area contributed by atoms with Crippen LogP contribution in [-0.4, -0.2) is 13.3 Å². The molecule has 0 spiro atoms. The van der Waals surface area contributed by atoms with E-state index in [0.717, 1.165) is 12.2 Å². The lowest BCUT2D eigenvalue weighted by Gasteiger charge is -2.13. The van der Waals surface area contributed by atoms with E-state index < -0.39 is 0 Å². The van der Waals surface area contributed by atoms with Crippen molar-refractivity contribution in [3.63, 3.8) is 0 Å². The second-order valence-corrected chi connectivity index (χ2v) is 5.30. The third kappa shape index (κ3) is 16.6. The molecule has 0 amide bonds. The molecule has 0 heterocycles. The van der Waals surface area contributed by atoms with Crippen molar-refractivity contribution in [2.24, 2.45) is 5.92 Å². The van der Waals surface area contributed by atoms with E-state index in [1.54, 1.807) is 13.2 Å². The Morgan fingerprint density at radius 1 is 1.12 bits per heavy atom. The summed E-state index contributed by atoms with van der Waals surface area (Å²) in [6.07, 6.45) is 8.00. The van der Waals surface area contributed by atoms with Gasteiger partial charge in [0, 0.05) is 11.8 Å². The van der Waals surface area contributed by atoms with Crippen LogP contribution in [0.25, 0.3) is 5.57 Å². The molecule has 0 aromatic heterocycles. The average molecular weight is 358 g/mol. The molecule has 146 valence electrons. The molecule has 0 saturated heterocycles. The maximum absolute atomic E-state index is 6.39. The first kappa shape index (κ1) is 28.5. The number of benzene rings is 1. The van der Waals surface area contributed by atoms with Crippen LogP contribution in [0.4, 0.5) is 0 Å². The predicted molar refractivity (Wildman–Crippen MR) is 120 cm³/mol. The summed E-state index contributed by atoms with van der Waals surface area (Å²) < 4.78 is 5.37. The molecule has 0 unspecified atom stereocenters. The minimum atomic E-state index is 0.668. The summed E-state index contributed by atoms with van der Waals surface area (Å²) in [5, 5.41) is 6.39. The summed E-state index contributed by atoms with van der Waals surface area (Å²) >= 11 is 0. The van der Waals surface area contributed by atoms with Gasteiger partial charge >= 0.3 is 0 Å². The van der Waals surface area contributed by atoms with Gasteiger partial charge in [-0.3, -0.25) is 0 Å². The van der Waals surface area contributed by atoms with Crippen LogP contribution in [-0.2, 0) is 0 Å². The fraction of sp³-hybridized carbons (Fsp3) is 0.458. The molecule has 2 nitrogen and oxygen atoms in total. The number of nitrogens with one attached hydrogen (secondary N) is 1. The van der Waals surface area contributed by atoms with E-state index in [4.69, 9.17) is 10.1 Å². The minimum Gasteiger partial charge on any atom is -0.496 e. The summed E-state index contributed by atoms with van der Waals surface area (Å²) in [5.74, 6) is 6.99. The first-order valence-electron chi connectivity index (χ1n) is 9.25. The Bertz CT molecular complexity index is 551. The lowest BCUT2D eigenvalue weighted by Crippen LogP contribution is -1.95. The van der Waals surface area contributed by atoms with Crippen LogP contribution in [0.2, 0.25) is 0 Å². The molecule has 0 saturated carbocycles. The monoisotopic (exact) mass is 357 g/mol. The lowest BCUT2D eigenvalue weighted by molar-refractivity contribution is 0.413. The molecule has 0 radical (unpaired) electrons. The Kier molecular flexibility index (Phi) is 24.9. The topological polar surface area (TPSA) is 33.1 Å². The molecule has 1 N–H and O–H groups in total. The van der Waals surface area contributed by atoms with Crippen LogP contribution in [0.1, 0.15) is 67.4 Å². The number of hydrogen-bond donors (Lipinski definition) is 1. The predicted octanol–water partition coefficient (Wildman–Crippen LogP) is 7.41. The van der Waals surface area contributed by atoms with E-state index in [9.17, 15) is 0 Å². The van der Waals surface area contributed by atoms with Crippen LogP contribution in [0.3, 0.4) is 0 Å². The molecular weight excluding hydrogens is 318 g/mol. The highest BCUT2D eigenvalue weighted by molar-refractivity contribution is 5.70. The summed E-state index contributed by atoms with van der Waals surface area (Å²) in [4.78, 5) is 0. The van der Waals surface area contributed by atoms with Crippen molar-refractivity contribution in [2.75, 3.05) is 7.11 Å². The third-order valence-corrected chi connectivity index (χ3v) is 2.97. The normalized spacial score (nSPS) is 9.38. The molecule has 0 aliphatic heterocycles. The van der Waals surface area contributed by atoms with Gasteiger partial charge in [-0.1, -0.05) is 58.0 Å². The fourth-order valence-electron chi connectivity index (χ4n) is 1.83. The third-order valence-electron chi connectivity index (χ3n) is 2.97. The Morgan fingerprint density at radius 3 is 1.96 bits per heavy atom. The number of allylic oxidation sites excluding steroid dienone is 4. The van der Waals surface area contributed by atoms with Gasteiger partial charge < -0.3 is 10.1 Å². The molecule has 1 aromatic rings. The van der Waals surface area contributed by atoms with Crippen LogP contribution in [0.5, 0.6) is 5.75 Å². The number of hydrogen-bond acceptors (Lipinski definition) is 2. The molecule has 0 atom stereocenters. The standard InChI is InChI=1S/C14H20O.C4H7N.C4H6.C2H6/c1-5-12(10-11(2)3)13-8-6-7-9-14(13)15-4;1-2-3-4-5;1-3-4-2;1-2/h5-9,11H,10H2,1-4H3;2-5H,1H3;1-2H3;1-2H3/b12-5+;3-2-,5-4?;;. The number of methoxy groups -OCH3 is 1. The maximum Gasteiger partial charge on any atom is 0.126 e. The zero-order chi connectivity index (χ0) is 20.8. The van der Waals surface area contributed by atoms with Crippen molar-refractivity contribution in [2.45, 2.75) is 61.8 Å². The van der Waals surface area contributed by atoms with Crippen molar-refractivity contribution in [1.82, 2.24) is 0 Å². The van der Waals surface area contributed by atoms with Gasteiger partial charge in [0.25, 0.3) is 0 Å². The van der Waals surface area contributed by atoms with Crippen LogP contribution in [0, 0.1) is 23.2 Å². The van der Waals surface area contributed by atoms with Crippen molar-refractivity contribution in [1.29, 1.82) is 5.41 Å². The van der Waals surface area contributed by atoms with E-state index in [1.165, 1.54) is 17.4 Å². The van der Waals surface area contributed by atoms with Crippen LogP contribution in [0.15, 0.2) is 42.5 Å². The maximum atomic E-state index is 6.39. The first-order chi connectivity index (χ1) is 12.5. The second kappa shape index (κ2) is 22.7. The summed E-state index contributed by atoms with van der Waals surface area (Å²) in [6, 6.07) is 8.20. The average Bonchev–Trinajstić information content (AvgIpc) is 2.68. The van der Waals surface area contributed by atoms with Gasteiger partial charge in [-0.15, -0.1) is 11.8 Å². The highest BCUT2D eigenvalue weighted by Crippen LogP contribution is 2.29. The minimum absolute atomic E-state index is 0.668. The molecular formula is C24H39NO. The second-order valence-electron chi connectivity index (χ2n) is 5.30. The number of para-hydroxylation sites is 1. The van der Waals surface area contributed by atoms with E-state index >= 15 is 0 Å². The number of rotatable bonds is 5. The molecule has 1 rings (SSSR count). The summed E-state index contributed by atoms with van der Waals surface area (Å²) in [7, 11) is 1.72. The molecule has 26 heavy (non-hydrogen) atoms. The zero-order valence-corrected chi connectivity index (χ0v) is 18.3. The van der Waals surface area contributed by atoms with E-state index in [-0.39, 0.29) is 0 Å². The van der Waals surface area contributed by atoms with Gasteiger partial charge in [0.15, 0.2) is 0 Å². The lowest BCUT2D eigenvalue weighted by atomic mass is 9.95. The Balaban J connectivity index is -0.000000398. The molecule has 1 aromatic carbocycles. The summed E-state index contributed by atoms with van der Waals surface area (Å²) in [6.45, 7) is 16.1. The van der Waals surface area contributed by atoms with Gasteiger partial charge in [-0.25, -0.2) is 0 Å². The Labute approximate surface area is 162 Å². The van der Waals surface area contributed by atoms with Gasteiger partial charge in [0.05, 0.1) is 7.11 Å². The van der Waals surface area contributed by atoms with Crippen molar-refractivity contribution < 1.29 is 4.74 Å². The quantitative estimate of drug-likeness (QED) is 0.432. The number of ether oxygens (including phenoxy) is 1. The summed E-state index contributed by atoms with van der Waals surface area (Å²) in [5.41, 5.74) is 2.58. The van der Waals surface area contributed by atoms with Gasteiger partial charge in [-0.05, 0) is 57.7 Å². The zero-order valence-electron chi connectivity index (χ0n) is 18.3. The van der Waals surface area contributed by atoms with Crippen LogP contribution >= 0.6 is 0 Å². The molecule has 0 bridgehead atoms. The Hall–Kier alpha value is -2.27. The van der Waals surface area contributed by atoms with Crippen molar-refractivity contribution in [3.8, 4) is 17.6 Å². The smallest absolute Gasteiger partial charge is 0.126 e. The molecule has 2 heteroatoms. The van der Waals surface area contributed by atoms with Crippen molar-refractivity contribution in [3.05, 3.63) is 48.1 Å².